The van der Waals surface area contributed by atoms with E-state index in [-0.39, 0.29) is 17.2 Å². The maximum atomic E-state index is 13.0. The fourth-order valence-electron chi connectivity index (χ4n) is 2.25. The van der Waals surface area contributed by atoms with Gasteiger partial charge in [-0.25, -0.2) is 8.42 Å². The SMILES string of the molecule is COC(=O)CN(Cc1ccccc1)S(=O)(=O)c1cccc(C(C)=O)c1. The molecule has 0 bridgehead atoms. The molecule has 0 radical (unpaired) electrons. The van der Waals surface area contributed by atoms with E-state index in [4.69, 9.17) is 0 Å². The number of nitrogens with zero attached hydrogens (tertiary/aromatic N) is 1. The number of benzene rings is 2. The smallest absolute Gasteiger partial charge is 0.321 e. The Morgan fingerprint density at radius 3 is 2.32 bits per heavy atom. The first kappa shape index (κ1) is 18.8. The molecule has 2 rings (SSSR count). The first-order valence-corrected chi connectivity index (χ1v) is 9.00. The Kier molecular flexibility index (Phi) is 6.06. The summed E-state index contributed by atoms with van der Waals surface area (Å²) in [6, 6.07) is 14.7. The lowest BCUT2D eigenvalue weighted by molar-refractivity contribution is -0.140. The summed E-state index contributed by atoms with van der Waals surface area (Å²) in [4.78, 5) is 23.2. The predicted molar refractivity (Wildman–Crippen MR) is 92.5 cm³/mol. The Morgan fingerprint density at radius 2 is 1.72 bits per heavy atom. The van der Waals surface area contributed by atoms with Crippen LogP contribution in [0.5, 0.6) is 0 Å². The lowest BCUT2D eigenvalue weighted by Crippen LogP contribution is -2.35. The second kappa shape index (κ2) is 8.04. The standard InChI is InChI=1S/C18H19NO5S/c1-14(20)16-9-6-10-17(11-16)25(22,23)19(13-18(21)24-2)12-15-7-4-3-5-8-15/h3-11H,12-13H2,1-2H3. The molecule has 0 aliphatic heterocycles. The highest BCUT2D eigenvalue weighted by Gasteiger charge is 2.27. The number of carbonyl (C=O) groups is 2. The molecule has 0 fully saturated rings. The molecule has 2 aromatic carbocycles. The van der Waals surface area contributed by atoms with Crippen molar-refractivity contribution in [3.8, 4) is 0 Å². The molecule has 25 heavy (non-hydrogen) atoms. The van der Waals surface area contributed by atoms with Crippen molar-refractivity contribution in [1.82, 2.24) is 4.31 Å². The fraction of sp³-hybridized carbons (Fsp3) is 0.222. The normalized spacial score (nSPS) is 11.3. The van der Waals surface area contributed by atoms with Gasteiger partial charge in [0.15, 0.2) is 5.78 Å². The van der Waals surface area contributed by atoms with E-state index in [9.17, 15) is 18.0 Å². The summed E-state index contributed by atoms with van der Waals surface area (Å²) in [5.74, 6) is -0.901. The van der Waals surface area contributed by atoms with Crippen LogP contribution >= 0.6 is 0 Å². The second-order valence-corrected chi connectivity index (χ2v) is 7.36. The number of ether oxygens (including phenoxy) is 1. The van der Waals surface area contributed by atoms with Crippen molar-refractivity contribution in [2.75, 3.05) is 13.7 Å². The molecule has 0 saturated heterocycles. The van der Waals surface area contributed by atoms with Crippen LogP contribution in [0.4, 0.5) is 0 Å². The molecule has 0 aliphatic carbocycles. The van der Waals surface area contributed by atoms with Crippen LogP contribution in [-0.4, -0.2) is 38.1 Å². The van der Waals surface area contributed by atoms with Crippen LogP contribution in [-0.2, 0) is 26.1 Å². The summed E-state index contributed by atoms with van der Waals surface area (Å²) < 4.78 is 31.6. The minimum Gasteiger partial charge on any atom is -0.468 e. The van der Waals surface area contributed by atoms with Gasteiger partial charge >= 0.3 is 5.97 Å². The van der Waals surface area contributed by atoms with Crippen molar-refractivity contribution in [3.05, 3.63) is 65.7 Å². The average Bonchev–Trinajstić information content (AvgIpc) is 2.62. The van der Waals surface area contributed by atoms with Gasteiger partial charge in [0.2, 0.25) is 10.0 Å². The Balaban J connectivity index is 2.41. The average molecular weight is 361 g/mol. The molecule has 0 aromatic heterocycles. The minimum absolute atomic E-state index is 0.0164. The van der Waals surface area contributed by atoms with Gasteiger partial charge in [-0.05, 0) is 24.6 Å². The molecule has 2 aromatic rings. The number of ketones is 1. The van der Waals surface area contributed by atoms with Gasteiger partial charge in [0.25, 0.3) is 0 Å². The van der Waals surface area contributed by atoms with E-state index < -0.39 is 22.5 Å². The zero-order valence-corrected chi connectivity index (χ0v) is 14.8. The van der Waals surface area contributed by atoms with Crippen LogP contribution < -0.4 is 0 Å². The Morgan fingerprint density at radius 1 is 1.04 bits per heavy atom. The van der Waals surface area contributed by atoms with E-state index in [0.29, 0.717) is 5.56 Å². The predicted octanol–water partition coefficient (Wildman–Crippen LogP) is 2.25. The number of esters is 1. The summed E-state index contributed by atoms with van der Waals surface area (Å²) in [5, 5.41) is 0. The zero-order chi connectivity index (χ0) is 18.4. The van der Waals surface area contributed by atoms with E-state index in [1.165, 1.54) is 32.2 Å². The second-order valence-electron chi connectivity index (χ2n) is 5.42. The van der Waals surface area contributed by atoms with E-state index in [2.05, 4.69) is 4.74 Å². The van der Waals surface area contributed by atoms with Crippen LogP contribution in [0.3, 0.4) is 0 Å². The molecule has 0 amide bonds. The maximum absolute atomic E-state index is 13.0. The number of carbonyl (C=O) groups excluding carboxylic acids is 2. The first-order valence-electron chi connectivity index (χ1n) is 7.56. The Bertz CT molecular complexity index is 862. The van der Waals surface area contributed by atoms with Gasteiger partial charge in [-0.2, -0.15) is 4.31 Å². The summed E-state index contributed by atoms with van der Waals surface area (Å²) in [5.41, 5.74) is 1.02. The van der Waals surface area contributed by atoms with Crippen molar-refractivity contribution in [1.29, 1.82) is 0 Å². The summed E-state index contributed by atoms with van der Waals surface area (Å²) in [7, 11) is -2.78. The third-order valence-electron chi connectivity index (χ3n) is 3.61. The molecule has 0 N–H and O–H groups in total. The largest absolute Gasteiger partial charge is 0.468 e. The zero-order valence-electron chi connectivity index (χ0n) is 14.0. The van der Waals surface area contributed by atoms with Crippen LogP contribution in [0.1, 0.15) is 22.8 Å². The van der Waals surface area contributed by atoms with Gasteiger partial charge in [0.05, 0.1) is 12.0 Å². The Hall–Kier alpha value is -2.51. The monoisotopic (exact) mass is 361 g/mol. The van der Waals surface area contributed by atoms with Gasteiger partial charge in [0.1, 0.15) is 6.54 Å². The highest BCUT2D eigenvalue weighted by molar-refractivity contribution is 7.89. The summed E-state index contributed by atoms with van der Waals surface area (Å²) in [6.45, 7) is 0.961. The van der Waals surface area contributed by atoms with Gasteiger partial charge in [0, 0.05) is 12.1 Å². The summed E-state index contributed by atoms with van der Waals surface area (Å²) in [6.07, 6.45) is 0. The number of methoxy groups -OCH3 is 1. The molecule has 0 saturated carbocycles. The van der Waals surface area contributed by atoms with E-state index in [0.717, 1.165) is 9.87 Å². The topological polar surface area (TPSA) is 80.8 Å². The molecule has 0 unspecified atom stereocenters. The highest BCUT2D eigenvalue weighted by Crippen LogP contribution is 2.20. The van der Waals surface area contributed by atoms with E-state index in [1.807, 2.05) is 6.07 Å². The van der Waals surface area contributed by atoms with Crippen molar-refractivity contribution in [3.63, 3.8) is 0 Å². The number of rotatable bonds is 7. The molecule has 0 spiro atoms. The van der Waals surface area contributed by atoms with Gasteiger partial charge in [-0.3, -0.25) is 9.59 Å². The quantitative estimate of drug-likeness (QED) is 0.558. The molecular formula is C18H19NO5S. The lowest BCUT2D eigenvalue weighted by atomic mass is 10.2. The first-order chi connectivity index (χ1) is 11.8. The number of hydrogen-bond acceptors (Lipinski definition) is 5. The maximum Gasteiger partial charge on any atom is 0.321 e. The molecule has 0 heterocycles. The fourth-order valence-corrected chi connectivity index (χ4v) is 3.67. The van der Waals surface area contributed by atoms with Crippen molar-refractivity contribution in [2.24, 2.45) is 0 Å². The van der Waals surface area contributed by atoms with Crippen LogP contribution in [0.25, 0.3) is 0 Å². The third-order valence-corrected chi connectivity index (χ3v) is 5.40. The van der Waals surface area contributed by atoms with Crippen molar-refractivity contribution < 1.29 is 22.7 Å². The lowest BCUT2D eigenvalue weighted by Gasteiger charge is -2.21. The van der Waals surface area contributed by atoms with Gasteiger partial charge < -0.3 is 4.74 Å². The molecule has 7 heteroatoms. The van der Waals surface area contributed by atoms with Gasteiger partial charge in [-0.1, -0.05) is 42.5 Å². The van der Waals surface area contributed by atoms with Crippen molar-refractivity contribution >= 4 is 21.8 Å². The minimum atomic E-state index is -3.98. The van der Waals surface area contributed by atoms with Crippen LogP contribution in [0.15, 0.2) is 59.5 Å². The van der Waals surface area contributed by atoms with E-state index in [1.54, 1.807) is 30.3 Å². The number of Topliss-reactive ketones (excluding diaryl/α,β-unsaturated/α-hetero) is 1. The molecule has 0 atom stereocenters. The number of sulfonamides is 1. The molecule has 6 nitrogen and oxygen atoms in total. The molecule has 0 aliphatic rings. The van der Waals surface area contributed by atoms with Crippen LogP contribution in [0.2, 0.25) is 0 Å². The number of hydrogen-bond donors (Lipinski definition) is 0. The van der Waals surface area contributed by atoms with Gasteiger partial charge in [-0.15, -0.1) is 0 Å². The van der Waals surface area contributed by atoms with E-state index >= 15 is 0 Å². The molecule has 132 valence electrons. The third kappa shape index (κ3) is 4.74. The highest BCUT2D eigenvalue weighted by atomic mass is 32.2. The summed E-state index contributed by atoms with van der Waals surface area (Å²) >= 11 is 0. The van der Waals surface area contributed by atoms with Crippen molar-refractivity contribution in [2.45, 2.75) is 18.4 Å². The Labute approximate surface area is 147 Å². The van der Waals surface area contributed by atoms with Crippen LogP contribution in [0, 0.1) is 0 Å². The molecular weight excluding hydrogens is 342 g/mol.